The zero-order chi connectivity index (χ0) is 11.2. The van der Waals surface area contributed by atoms with E-state index in [4.69, 9.17) is 5.11 Å². The van der Waals surface area contributed by atoms with Gasteiger partial charge < -0.3 is 10.2 Å². The molecule has 1 aliphatic rings. The summed E-state index contributed by atoms with van der Waals surface area (Å²) in [5, 5.41) is 18.4. The summed E-state index contributed by atoms with van der Waals surface area (Å²) in [7, 11) is 0. The van der Waals surface area contributed by atoms with Gasteiger partial charge in [0.1, 0.15) is 0 Å². The number of hydrogen-bond donors (Lipinski definition) is 2. The Bertz CT molecular complexity index is 169. The number of aliphatic hydroxyl groups is 1. The van der Waals surface area contributed by atoms with Crippen LogP contribution in [0.4, 0.5) is 0 Å². The van der Waals surface area contributed by atoms with Gasteiger partial charge in [0, 0.05) is 0 Å². The van der Waals surface area contributed by atoms with E-state index in [0.29, 0.717) is 12.8 Å². The molecule has 1 unspecified atom stereocenters. The Morgan fingerprint density at radius 1 is 1.21 bits per heavy atom. The minimum absolute atomic E-state index is 0.625. The molecule has 0 amide bonds. The average Bonchev–Trinajstić information content (AvgIpc) is 2.21. The molecule has 0 spiro atoms. The number of carboxylic acids is 1. The van der Waals surface area contributed by atoms with Gasteiger partial charge in [0.05, 0.1) is 11.5 Å². The molecule has 2 N–H and O–H groups in total. The van der Waals surface area contributed by atoms with Crippen LogP contribution < -0.4 is 0 Å². The second kappa shape index (κ2) is 6.02. The first-order chi connectivity index (χ1) is 6.59. The minimum atomic E-state index is -0.849. The largest absolute Gasteiger partial charge is 0.481 e. The van der Waals surface area contributed by atoms with Crippen molar-refractivity contribution >= 4 is 5.97 Å². The third kappa shape index (κ3) is 2.71. The molecule has 3 nitrogen and oxygen atoms in total. The van der Waals surface area contributed by atoms with E-state index in [0.717, 1.165) is 19.3 Å². The van der Waals surface area contributed by atoms with Crippen LogP contribution in [0.2, 0.25) is 0 Å². The van der Waals surface area contributed by atoms with Crippen molar-refractivity contribution in [2.75, 3.05) is 0 Å². The van der Waals surface area contributed by atoms with Gasteiger partial charge in [0.15, 0.2) is 0 Å². The first-order valence-corrected chi connectivity index (χ1v) is 5.51. The highest BCUT2D eigenvalue weighted by Crippen LogP contribution is 2.39. The van der Waals surface area contributed by atoms with Crippen LogP contribution in [0, 0.1) is 5.41 Å². The fourth-order valence-corrected chi connectivity index (χ4v) is 1.99. The zero-order valence-corrected chi connectivity index (χ0v) is 9.42. The van der Waals surface area contributed by atoms with Crippen LogP contribution in [0.1, 0.15) is 52.9 Å². The van der Waals surface area contributed by atoms with Crippen molar-refractivity contribution in [2.45, 2.75) is 59.0 Å². The maximum absolute atomic E-state index is 11.0. The van der Waals surface area contributed by atoms with E-state index >= 15 is 0 Å². The average molecular weight is 202 g/mol. The molecule has 1 aliphatic carbocycles. The first-order valence-electron chi connectivity index (χ1n) is 5.51. The van der Waals surface area contributed by atoms with Gasteiger partial charge in [-0.1, -0.05) is 33.1 Å². The van der Waals surface area contributed by atoms with Crippen LogP contribution in [0.25, 0.3) is 0 Å². The normalized spacial score (nSPS) is 21.7. The lowest BCUT2D eigenvalue weighted by Crippen LogP contribution is -2.42. The van der Waals surface area contributed by atoms with Gasteiger partial charge in [-0.2, -0.15) is 0 Å². The molecule has 0 aromatic carbocycles. The molecule has 0 aromatic rings. The van der Waals surface area contributed by atoms with Gasteiger partial charge in [-0.05, 0) is 19.8 Å². The molecule has 0 radical (unpaired) electrons. The summed E-state index contributed by atoms with van der Waals surface area (Å²) >= 11 is 0. The van der Waals surface area contributed by atoms with E-state index in [-0.39, 0.29) is 0 Å². The summed E-state index contributed by atoms with van der Waals surface area (Å²) in [4.78, 5) is 11.0. The molecule has 0 aromatic heterocycles. The number of rotatable bonds is 2. The summed E-state index contributed by atoms with van der Waals surface area (Å²) in [5.74, 6) is -0.836. The van der Waals surface area contributed by atoms with E-state index in [1.54, 1.807) is 6.92 Å². The monoisotopic (exact) mass is 202 g/mol. The van der Waals surface area contributed by atoms with Crippen molar-refractivity contribution in [3.8, 4) is 0 Å². The highest BCUT2D eigenvalue weighted by molar-refractivity contribution is 5.75. The molecule has 0 heterocycles. The van der Waals surface area contributed by atoms with Gasteiger partial charge in [-0.25, -0.2) is 0 Å². The highest BCUT2D eigenvalue weighted by atomic mass is 16.4. The Balaban J connectivity index is 0.000000791. The lowest BCUT2D eigenvalue weighted by molar-refractivity contribution is -0.159. The maximum atomic E-state index is 11.0. The molecule has 1 atom stereocenters. The summed E-state index contributed by atoms with van der Waals surface area (Å²) in [6.07, 6.45) is 3.48. The third-order valence-corrected chi connectivity index (χ3v) is 2.97. The van der Waals surface area contributed by atoms with Gasteiger partial charge in [0.25, 0.3) is 0 Å². The Labute approximate surface area is 86.1 Å². The Morgan fingerprint density at radius 3 is 1.86 bits per heavy atom. The number of hydrogen-bond acceptors (Lipinski definition) is 2. The fraction of sp³-hybridized carbons (Fsp3) is 0.909. The second-order valence-corrected chi connectivity index (χ2v) is 3.70. The molecule has 3 heteroatoms. The summed E-state index contributed by atoms with van der Waals surface area (Å²) < 4.78 is 0. The third-order valence-electron chi connectivity index (χ3n) is 2.97. The second-order valence-electron chi connectivity index (χ2n) is 3.70. The van der Waals surface area contributed by atoms with Gasteiger partial charge in [-0.3, -0.25) is 4.79 Å². The van der Waals surface area contributed by atoms with Gasteiger partial charge >= 0.3 is 5.97 Å². The fourth-order valence-electron chi connectivity index (χ4n) is 1.99. The number of aliphatic hydroxyl groups excluding tert-OH is 1. The van der Waals surface area contributed by atoms with E-state index in [9.17, 15) is 9.90 Å². The molecule has 0 bridgehead atoms. The van der Waals surface area contributed by atoms with E-state index in [2.05, 4.69) is 0 Å². The molecule has 0 saturated heterocycles. The number of carbonyl (C=O) groups is 1. The van der Waals surface area contributed by atoms with Crippen molar-refractivity contribution in [1.82, 2.24) is 0 Å². The Hall–Kier alpha value is -0.570. The van der Waals surface area contributed by atoms with E-state index in [1.165, 1.54) is 0 Å². The SMILES string of the molecule is CC.CC(O)C1(C(=O)O)CCCCC1. The van der Waals surface area contributed by atoms with Crippen molar-refractivity contribution in [3.05, 3.63) is 0 Å². The molecular weight excluding hydrogens is 180 g/mol. The zero-order valence-electron chi connectivity index (χ0n) is 9.42. The topological polar surface area (TPSA) is 57.5 Å². The minimum Gasteiger partial charge on any atom is -0.481 e. The standard InChI is InChI=1S/C9H16O3.C2H6/c1-7(10)9(8(11)12)5-3-2-4-6-9;1-2/h7,10H,2-6H2,1H3,(H,11,12);1-2H3. The Kier molecular flexibility index (Phi) is 5.77. The predicted molar refractivity (Wildman–Crippen MR) is 56.2 cm³/mol. The van der Waals surface area contributed by atoms with Crippen LogP contribution in [-0.2, 0) is 4.79 Å². The summed E-state index contributed by atoms with van der Waals surface area (Å²) in [6.45, 7) is 5.58. The lowest BCUT2D eigenvalue weighted by atomic mass is 9.71. The van der Waals surface area contributed by atoms with E-state index < -0.39 is 17.5 Å². The molecule has 1 saturated carbocycles. The van der Waals surface area contributed by atoms with Crippen molar-refractivity contribution < 1.29 is 15.0 Å². The van der Waals surface area contributed by atoms with Crippen LogP contribution in [0.15, 0.2) is 0 Å². The van der Waals surface area contributed by atoms with Crippen LogP contribution in [0.5, 0.6) is 0 Å². The highest BCUT2D eigenvalue weighted by Gasteiger charge is 2.43. The molecule has 1 rings (SSSR count). The summed E-state index contributed by atoms with van der Waals surface area (Å²) in [6, 6.07) is 0. The molecule has 14 heavy (non-hydrogen) atoms. The molecular formula is C11H22O3. The van der Waals surface area contributed by atoms with Crippen LogP contribution in [0.3, 0.4) is 0 Å². The smallest absolute Gasteiger partial charge is 0.312 e. The molecule has 0 aliphatic heterocycles. The van der Waals surface area contributed by atoms with Crippen molar-refractivity contribution in [1.29, 1.82) is 0 Å². The number of carboxylic acid groups (broad SMARTS) is 1. The lowest BCUT2D eigenvalue weighted by Gasteiger charge is -2.35. The van der Waals surface area contributed by atoms with E-state index in [1.807, 2.05) is 13.8 Å². The van der Waals surface area contributed by atoms with Crippen molar-refractivity contribution in [2.24, 2.45) is 5.41 Å². The molecule has 1 fully saturated rings. The van der Waals surface area contributed by atoms with Crippen molar-refractivity contribution in [3.63, 3.8) is 0 Å². The van der Waals surface area contributed by atoms with Crippen LogP contribution in [-0.4, -0.2) is 22.3 Å². The summed E-state index contributed by atoms with van der Waals surface area (Å²) in [5.41, 5.74) is -0.849. The van der Waals surface area contributed by atoms with Crippen LogP contribution >= 0.6 is 0 Å². The maximum Gasteiger partial charge on any atom is 0.312 e. The molecule has 84 valence electrons. The number of aliphatic carboxylic acids is 1. The van der Waals surface area contributed by atoms with Gasteiger partial charge in [0.2, 0.25) is 0 Å². The Morgan fingerprint density at radius 2 is 1.64 bits per heavy atom. The first kappa shape index (κ1) is 13.4. The predicted octanol–water partition coefficient (Wildman–Crippen LogP) is 2.43. The van der Waals surface area contributed by atoms with Gasteiger partial charge in [-0.15, -0.1) is 0 Å². The quantitative estimate of drug-likeness (QED) is 0.723.